The molecule has 3 N–H and O–H groups in total. The number of nitrogens with one attached hydrogen (secondary N) is 3. The van der Waals surface area contributed by atoms with Gasteiger partial charge in [0.2, 0.25) is 0 Å². The normalized spacial score (nSPS) is 11.9. The van der Waals surface area contributed by atoms with Gasteiger partial charge in [-0.15, -0.1) is 24.0 Å². The Kier molecular flexibility index (Phi) is 8.98. The first-order valence-electron chi connectivity index (χ1n) is 7.97. The van der Waals surface area contributed by atoms with E-state index in [2.05, 4.69) is 40.0 Å². The quantitative estimate of drug-likeness (QED) is 0.371. The van der Waals surface area contributed by atoms with E-state index in [0.717, 1.165) is 11.5 Å². The molecule has 0 aliphatic carbocycles. The second-order valence-corrected chi connectivity index (χ2v) is 5.48. The molecule has 0 saturated heterocycles. The molecule has 134 valence electrons. The molecule has 2 aromatic rings. The van der Waals surface area contributed by atoms with E-state index in [4.69, 9.17) is 0 Å². The molecule has 0 heterocycles. The van der Waals surface area contributed by atoms with Crippen LogP contribution in [0.3, 0.4) is 0 Å². The van der Waals surface area contributed by atoms with Crippen molar-refractivity contribution < 1.29 is 4.79 Å². The van der Waals surface area contributed by atoms with Crippen molar-refractivity contribution in [1.29, 1.82) is 0 Å². The van der Waals surface area contributed by atoms with Crippen molar-refractivity contribution in [2.75, 3.05) is 14.1 Å². The van der Waals surface area contributed by atoms with Crippen LogP contribution in [0.2, 0.25) is 0 Å². The maximum Gasteiger partial charge on any atom is 0.251 e. The van der Waals surface area contributed by atoms with Crippen LogP contribution >= 0.6 is 24.0 Å². The summed E-state index contributed by atoms with van der Waals surface area (Å²) in [6, 6.07) is 17.9. The standard InChI is InChI=1S/C19H24N4O.HI/c1-14(16-9-5-4-6-10-16)23-19(21-3)22-13-15-8-7-11-17(12-15)18(24)20-2;/h4-12,14H,13H2,1-3H3,(H,20,24)(H2,21,22,23);1H. The summed E-state index contributed by atoms with van der Waals surface area (Å²) in [4.78, 5) is 16.0. The highest BCUT2D eigenvalue weighted by Gasteiger charge is 2.08. The van der Waals surface area contributed by atoms with E-state index in [1.807, 2.05) is 36.4 Å². The average molecular weight is 452 g/mol. The topological polar surface area (TPSA) is 65.5 Å². The minimum Gasteiger partial charge on any atom is -0.355 e. The van der Waals surface area contributed by atoms with Gasteiger partial charge in [-0.25, -0.2) is 0 Å². The number of halogens is 1. The largest absolute Gasteiger partial charge is 0.355 e. The van der Waals surface area contributed by atoms with Crippen molar-refractivity contribution in [3.05, 3.63) is 71.3 Å². The third kappa shape index (κ3) is 6.38. The first-order chi connectivity index (χ1) is 11.6. The zero-order valence-electron chi connectivity index (χ0n) is 14.7. The molecule has 6 heteroatoms. The lowest BCUT2D eigenvalue weighted by Crippen LogP contribution is -2.38. The predicted octanol–water partition coefficient (Wildman–Crippen LogP) is 3.09. The molecule has 2 aromatic carbocycles. The number of aliphatic imine (C=N–C) groups is 1. The minimum atomic E-state index is -0.0861. The number of hydrogen-bond acceptors (Lipinski definition) is 2. The van der Waals surface area contributed by atoms with E-state index in [-0.39, 0.29) is 35.9 Å². The third-order valence-electron chi connectivity index (χ3n) is 3.75. The summed E-state index contributed by atoms with van der Waals surface area (Å²) in [5.41, 5.74) is 2.87. The molecule has 25 heavy (non-hydrogen) atoms. The molecule has 0 aromatic heterocycles. The molecule has 1 atom stereocenters. The van der Waals surface area contributed by atoms with Gasteiger partial charge in [-0.3, -0.25) is 9.79 Å². The summed E-state index contributed by atoms with van der Waals surface area (Å²) in [6.07, 6.45) is 0. The Morgan fingerprint density at radius 2 is 1.84 bits per heavy atom. The average Bonchev–Trinajstić information content (AvgIpc) is 2.65. The molecule has 0 saturated carbocycles. The lowest BCUT2D eigenvalue weighted by molar-refractivity contribution is 0.0963. The van der Waals surface area contributed by atoms with Crippen LogP contribution in [0.25, 0.3) is 0 Å². The fourth-order valence-corrected chi connectivity index (χ4v) is 2.38. The number of hydrogen-bond donors (Lipinski definition) is 3. The summed E-state index contributed by atoms with van der Waals surface area (Å²) in [6.45, 7) is 2.68. The van der Waals surface area contributed by atoms with Crippen LogP contribution in [0.4, 0.5) is 0 Å². The Bertz CT molecular complexity index is 704. The summed E-state index contributed by atoms with van der Waals surface area (Å²) in [7, 11) is 3.37. The van der Waals surface area contributed by atoms with Gasteiger partial charge in [0.15, 0.2) is 5.96 Å². The first kappa shape index (κ1) is 21.0. The van der Waals surface area contributed by atoms with Crippen molar-refractivity contribution >= 4 is 35.8 Å². The molecule has 0 aliphatic heterocycles. The van der Waals surface area contributed by atoms with Gasteiger partial charge in [0.1, 0.15) is 0 Å². The van der Waals surface area contributed by atoms with Gasteiger partial charge in [-0.1, -0.05) is 42.5 Å². The van der Waals surface area contributed by atoms with Crippen molar-refractivity contribution in [1.82, 2.24) is 16.0 Å². The van der Waals surface area contributed by atoms with Gasteiger partial charge in [0.05, 0.1) is 6.04 Å². The van der Waals surface area contributed by atoms with E-state index >= 15 is 0 Å². The van der Waals surface area contributed by atoms with Crippen LogP contribution in [0, 0.1) is 0 Å². The number of nitrogens with zero attached hydrogens (tertiary/aromatic N) is 1. The molecule has 1 unspecified atom stereocenters. The Morgan fingerprint density at radius 3 is 2.48 bits per heavy atom. The first-order valence-corrected chi connectivity index (χ1v) is 7.97. The lowest BCUT2D eigenvalue weighted by atomic mass is 10.1. The summed E-state index contributed by atoms with van der Waals surface area (Å²) < 4.78 is 0. The zero-order chi connectivity index (χ0) is 17.4. The van der Waals surface area contributed by atoms with Crippen molar-refractivity contribution in [2.24, 2.45) is 4.99 Å². The predicted molar refractivity (Wildman–Crippen MR) is 113 cm³/mol. The van der Waals surface area contributed by atoms with Crippen molar-refractivity contribution in [2.45, 2.75) is 19.5 Å². The van der Waals surface area contributed by atoms with Crippen LogP contribution in [0.15, 0.2) is 59.6 Å². The van der Waals surface area contributed by atoms with E-state index in [1.54, 1.807) is 20.2 Å². The van der Waals surface area contributed by atoms with Gasteiger partial charge < -0.3 is 16.0 Å². The van der Waals surface area contributed by atoms with Gasteiger partial charge in [-0.2, -0.15) is 0 Å². The molecular weight excluding hydrogens is 427 g/mol. The molecular formula is C19H25IN4O. The lowest BCUT2D eigenvalue weighted by Gasteiger charge is -2.18. The van der Waals surface area contributed by atoms with Crippen molar-refractivity contribution in [3.8, 4) is 0 Å². The highest BCUT2D eigenvalue weighted by Crippen LogP contribution is 2.11. The number of guanidine groups is 1. The fourth-order valence-electron chi connectivity index (χ4n) is 2.38. The molecule has 5 nitrogen and oxygen atoms in total. The Balaban J connectivity index is 0.00000312. The molecule has 0 bridgehead atoms. The second-order valence-electron chi connectivity index (χ2n) is 5.48. The van der Waals surface area contributed by atoms with Crippen LogP contribution in [0.5, 0.6) is 0 Å². The van der Waals surface area contributed by atoms with Gasteiger partial charge in [-0.05, 0) is 30.2 Å². The van der Waals surface area contributed by atoms with E-state index < -0.39 is 0 Å². The number of benzene rings is 2. The number of rotatable bonds is 5. The summed E-state index contributed by atoms with van der Waals surface area (Å²) in [5.74, 6) is 0.633. The van der Waals surface area contributed by atoms with Crippen LogP contribution in [0.1, 0.15) is 34.5 Å². The smallest absolute Gasteiger partial charge is 0.251 e. The van der Waals surface area contributed by atoms with E-state index in [1.165, 1.54) is 5.56 Å². The number of carbonyl (C=O) groups excluding carboxylic acids is 1. The third-order valence-corrected chi connectivity index (χ3v) is 3.75. The Morgan fingerprint density at radius 1 is 1.12 bits per heavy atom. The molecule has 0 fully saturated rings. The highest BCUT2D eigenvalue weighted by atomic mass is 127. The van der Waals surface area contributed by atoms with Crippen molar-refractivity contribution in [3.63, 3.8) is 0 Å². The van der Waals surface area contributed by atoms with Crippen LogP contribution < -0.4 is 16.0 Å². The number of carbonyl (C=O) groups is 1. The monoisotopic (exact) mass is 452 g/mol. The molecule has 1 amide bonds. The Hall–Kier alpha value is -2.09. The summed E-state index contributed by atoms with van der Waals surface area (Å²) >= 11 is 0. The summed E-state index contributed by atoms with van der Waals surface area (Å²) in [5, 5.41) is 9.27. The maximum absolute atomic E-state index is 11.7. The maximum atomic E-state index is 11.7. The van der Waals surface area contributed by atoms with Gasteiger partial charge in [0.25, 0.3) is 5.91 Å². The second kappa shape index (κ2) is 10.7. The molecule has 0 spiro atoms. The van der Waals surface area contributed by atoms with Gasteiger partial charge in [0, 0.05) is 26.2 Å². The molecule has 0 aliphatic rings. The fraction of sp³-hybridized carbons (Fsp3) is 0.263. The molecule has 2 rings (SSSR count). The number of amides is 1. The highest BCUT2D eigenvalue weighted by molar-refractivity contribution is 14.0. The SMILES string of the molecule is CN=C(NCc1cccc(C(=O)NC)c1)NC(C)c1ccccc1.I. The van der Waals surface area contributed by atoms with E-state index in [0.29, 0.717) is 12.1 Å². The van der Waals surface area contributed by atoms with Crippen LogP contribution in [-0.4, -0.2) is 26.0 Å². The zero-order valence-corrected chi connectivity index (χ0v) is 17.1. The van der Waals surface area contributed by atoms with Gasteiger partial charge >= 0.3 is 0 Å². The molecule has 0 radical (unpaired) electrons. The Labute approximate surface area is 166 Å². The minimum absolute atomic E-state index is 0. The van der Waals surface area contributed by atoms with Crippen LogP contribution in [-0.2, 0) is 6.54 Å². The van der Waals surface area contributed by atoms with E-state index in [9.17, 15) is 4.79 Å².